The van der Waals surface area contributed by atoms with E-state index in [1.165, 1.54) is 6.42 Å². The third kappa shape index (κ3) is 2.89. The molecule has 0 saturated carbocycles. The maximum absolute atomic E-state index is 5.83. The number of anilines is 1. The van der Waals surface area contributed by atoms with E-state index in [-0.39, 0.29) is 0 Å². The summed E-state index contributed by atoms with van der Waals surface area (Å²) < 4.78 is 12.1. The van der Waals surface area contributed by atoms with Crippen LogP contribution in [0.25, 0.3) is 0 Å². The number of rotatable bonds is 4. The Balaban J connectivity index is 1.84. The highest BCUT2D eigenvalue weighted by Crippen LogP contribution is 2.31. The Kier molecular flexibility index (Phi) is 4.07. The van der Waals surface area contributed by atoms with Crippen LogP contribution in [0.4, 0.5) is 5.69 Å². The molecule has 16 heavy (non-hydrogen) atoms. The second kappa shape index (κ2) is 5.55. The van der Waals surface area contributed by atoms with Crippen molar-refractivity contribution in [1.82, 2.24) is 0 Å². The molecule has 0 aromatic heterocycles. The molecule has 0 aliphatic carbocycles. The Hall–Kier alpha value is -0.740. The van der Waals surface area contributed by atoms with Crippen LogP contribution >= 0.6 is 15.9 Å². The molecule has 0 spiro atoms. The second-order valence-electron chi connectivity index (χ2n) is 3.93. The number of hydrogen-bond acceptors (Lipinski definition) is 3. The topological polar surface area (TPSA) is 44.5 Å². The minimum Gasteiger partial charge on any atom is -0.490 e. The minimum atomic E-state index is 0.365. The number of halogens is 1. The molecule has 1 aliphatic rings. The van der Waals surface area contributed by atoms with Crippen molar-refractivity contribution in [2.45, 2.75) is 25.4 Å². The Morgan fingerprint density at radius 3 is 3.06 bits per heavy atom. The molecule has 1 fully saturated rings. The molecule has 1 aromatic carbocycles. The van der Waals surface area contributed by atoms with E-state index in [0.29, 0.717) is 18.4 Å². The minimum absolute atomic E-state index is 0.365. The summed E-state index contributed by atoms with van der Waals surface area (Å²) in [7, 11) is 0. The first-order valence-electron chi connectivity index (χ1n) is 5.56. The average Bonchev–Trinajstić information content (AvgIpc) is 2.75. The Morgan fingerprint density at radius 1 is 1.50 bits per heavy atom. The maximum atomic E-state index is 5.83. The molecule has 4 heteroatoms. The first kappa shape index (κ1) is 11.7. The van der Waals surface area contributed by atoms with Gasteiger partial charge >= 0.3 is 0 Å². The quantitative estimate of drug-likeness (QED) is 0.865. The molecule has 0 amide bonds. The van der Waals surface area contributed by atoms with Gasteiger partial charge in [0.1, 0.15) is 0 Å². The van der Waals surface area contributed by atoms with Crippen LogP contribution in [0.15, 0.2) is 22.7 Å². The van der Waals surface area contributed by atoms with Gasteiger partial charge in [0, 0.05) is 13.0 Å². The van der Waals surface area contributed by atoms with Crippen LogP contribution in [0.2, 0.25) is 0 Å². The summed E-state index contributed by atoms with van der Waals surface area (Å²) in [5, 5.41) is 0. The fourth-order valence-electron chi connectivity index (χ4n) is 1.84. The smallest absolute Gasteiger partial charge is 0.156 e. The largest absolute Gasteiger partial charge is 0.490 e. The van der Waals surface area contributed by atoms with Crippen LogP contribution in [-0.2, 0) is 4.74 Å². The summed E-state index contributed by atoms with van der Waals surface area (Å²) >= 11 is 3.42. The summed E-state index contributed by atoms with van der Waals surface area (Å²) in [4.78, 5) is 0. The zero-order valence-corrected chi connectivity index (χ0v) is 10.7. The van der Waals surface area contributed by atoms with E-state index in [1.807, 2.05) is 18.2 Å². The van der Waals surface area contributed by atoms with Crippen molar-refractivity contribution >= 4 is 21.6 Å². The first-order valence-corrected chi connectivity index (χ1v) is 6.35. The lowest BCUT2D eigenvalue weighted by Gasteiger charge is -2.13. The number of para-hydroxylation sites is 1. The van der Waals surface area contributed by atoms with Gasteiger partial charge in [-0.1, -0.05) is 6.07 Å². The standard InChI is InChI=1S/C12H16BrNO2/c13-10-4-1-5-11(14)12(10)16-8-6-9-3-2-7-15-9/h1,4-5,9H,2-3,6-8,14H2. The Morgan fingerprint density at radius 2 is 2.38 bits per heavy atom. The van der Waals surface area contributed by atoms with Crippen LogP contribution in [0.5, 0.6) is 5.75 Å². The zero-order valence-electron chi connectivity index (χ0n) is 9.12. The van der Waals surface area contributed by atoms with Crippen LogP contribution in [0.3, 0.4) is 0 Å². The lowest BCUT2D eigenvalue weighted by atomic mass is 10.2. The number of benzene rings is 1. The molecule has 1 heterocycles. The third-order valence-corrected chi connectivity index (χ3v) is 3.33. The van der Waals surface area contributed by atoms with Crippen LogP contribution in [0.1, 0.15) is 19.3 Å². The lowest BCUT2D eigenvalue weighted by Crippen LogP contribution is -2.11. The van der Waals surface area contributed by atoms with Gasteiger partial charge in [-0.2, -0.15) is 0 Å². The van der Waals surface area contributed by atoms with Gasteiger partial charge < -0.3 is 15.2 Å². The van der Waals surface area contributed by atoms with E-state index in [9.17, 15) is 0 Å². The predicted octanol–water partition coefficient (Wildman–Crippen LogP) is 2.98. The van der Waals surface area contributed by atoms with E-state index >= 15 is 0 Å². The molecule has 1 atom stereocenters. The highest BCUT2D eigenvalue weighted by molar-refractivity contribution is 9.10. The normalized spacial score (nSPS) is 19.9. The van der Waals surface area contributed by atoms with E-state index in [4.69, 9.17) is 15.2 Å². The molecule has 3 nitrogen and oxygen atoms in total. The van der Waals surface area contributed by atoms with Crippen molar-refractivity contribution in [2.24, 2.45) is 0 Å². The van der Waals surface area contributed by atoms with E-state index < -0.39 is 0 Å². The predicted molar refractivity (Wildman–Crippen MR) is 67.6 cm³/mol. The number of ether oxygens (including phenoxy) is 2. The number of nitrogens with two attached hydrogens (primary N) is 1. The van der Waals surface area contributed by atoms with Crippen molar-refractivity contribution in [2.75, 3.05) is 18.9 Å². The zero-order chi connectivity index (χ0) is 11.4. The van der Waals surface area contributed by atoms with Gasteiger partial charge in [-0.3, -0.25) is 0 Å². The van der Waals surface area contributed by atoms with Crippen molar-refractivity contribution in [1.29, 1.82) is 0 Å². The Labute approximate surface area is 104 Å². The first-order chi connectivity index (χ1) is 7.77. The van der Waals surface area contributed by atoms with Crippen LogP contribution in [-0.4, -0.2) is 19.3 Å². The van der Waals surface area contributed by atoms with Gasteiger partial charge in [-0.15, -0.1) is 0 Å². The number of hydrogen-bond donors (Lipinski definition) is 1. The van der Waals surface area contributed by atoms with Crippen LogP contribution in [0, 0.1) is 0 Å². The molecule has 1 aromatic rings. The van der Waals surface area contributed by atoms with Gasteiger partial charge in [0.15, 0.2) is 5.75 Å². The highest BCUT2D eigenvalue weighted by atomic mass is 79.9. The summed E-state index contributed by atoms with van der Waals surface area (Å²) in [5.41, 5.74) is 6.50. The van der Waals surface area contributed by atoms with Crippen molar-refractivity contribution in [3.63, 3.8) is 0 Å². The fraction of sp³-hybridized carbons (Fsp3) is 0.500. The van der Waals surface area contributed by atoms with Crippen molar-refractivity contribution in [3.05, 3.63) is 22.7 Å². The van der Waals surface area contributed by atoms with Crippen LogP contribution < -0.4 is 10.5 Å². The molecule has 88 valence electrons. The van der Waals surface area contributed by atoms with E-state index in [1.54, 1.807) is 0 Å². The molecule has 0 radical (unpaired) electrons. The number of nitrogen functional groups attached to an aromatic ring is 1. The fourth-order valence-corrected chi connectivity index (χ4v) is 2.34. The van der Waals surface area contributed by atoms with Gasteiger partial charge in [0.05, 0.1) is 22.9 Å². The summed E-state index contributed by atoms with van der Waals surface area (Å²) in [6.07, 6.45) is 3.61. The average molecular weight is 286 g/mol. The summed E-state index contributed by atoms with van der Waals surface area (Å²) in [6, 6.07) is 5.66. The van der Waals surface area contributed by atoms with Crippen molar-refractivity contribution in [3.8, 4) is 5.75 Å². The second-order valence-corrected chi connectivity index (χ2v) is 4.78. The molecule has 1 unspecified atom stereocenters. The molecular formula is C12H16BrNO2. The molecule has 2 rings (SSSR count). The van der Waals surface area contributed by atoms with E-state index in [2.05, 4.69) is 15.9 Å². The maximum Gasteiger partial charge on any atom is 0.156 e. The van der Waals surface area contributed by atoms with Gasteiger partial charge in [0.2, 0.25) is 0 Å². The van der Waals surface area contributed by atoms with Gasteiger partial charge in [-0.05, 0) is 40.9 Å². The Bertz CT molecular complexity index is 331. The van der Waals surface area contributed by atoms with Gasteiger partial charge in [-0.25, -0.2) is 0 Å². The molecular weight excluding hydrogens is 270 g/mol. The lowest BCUT2D eigenvalue weighted by molar-refractivity contribution is 0.0903. The molecule has 2 N–H and O–H groups in total. The monoisotopic (exact) mass is 285 g/mol. The molecule has 1 aliphatic heterocycles. The molecule has 1 saturated heterocycles. The van der Waals surface area contributed by atoms with Crippen molar-refractivity contribution < 1.29 is 9.47 Å². The van der Waals surface area contributed by atoms with Gasteiger partial charge in [0.25, 0.3) is 0 Å². The SMILES string of the molecule is Nc1cccc(Br)c1OCCC1CCCO1. The summed E-state index contributed by atoms with van der Waals surface area (Å²) in [5.74, 6) is 0.737. The molecule has 0 bridgehead atoms. The van der Waals surface area contributed by atoms with E-state index in [0.717, 1.165) is 29.7 Å². The summed E-state index contributed by atoms with van der Waals surface area (Å²) in [6.45, 7) is 1.54. The highest BCUT2D eigenvalue weighted by Gasteiger charge is 2.15. The third-order valence-electron chi connectivity index (χ3n) is 2.71.